The van der Waals surface area contributed by atoms with Crippen LogP contribution in [0.1, 0.15) is 27.2 Å². The van der Waals surface area contributed by atoms with Gasteiger partial charge in [-0.3, -0.25) is 0 Å². The molecular formula is C15H24N2. The van der Waals surface area contributed by atoms with Gasteiger partial charge in [0, 0.05) is 30.9 Å². The maximum absolute atomic E-state index is 3.66. The molecule has 94 valence electrons. The summed E-state index contributed by atoms with van der Waals surface area (Å²) in [5.41, 5.74) is 1.36. The van der Waals surface area contributed by atoms with E-state index in [2.05, 4.69) is 61.3 Å². The third kappa shape index (κ3) is 3.22. The first kappa shape index (κ1) is 12.4. The summed E-state index contributed by atoms with van der Waals surface area (Å²) in [4.78, 5) is 2.53. The Bertz CT molecular complexity index is 334. The standard InChI is InChI=1S/C15H24N2/c1-12(2)9-14-11-17(13(3)10-16-14)15-7-5-4-6-8-15/h4-8,12-14,16H,9-11H2,1-3H3. The van der Waals surface area contributed by atoms with Gasteiger partial charge in [0.05, 0.1) is 0 Å². The highest BCUT2D eigenvalue weighted by Gasteiger charge is 2.25. The van der Waals surface area contributed by atoms with Gasteiger partial charge in [0.2, 0.25) is 0 Å². The van der Waals surface area contributed by atoms with E-state index in [4.69, 9.17) is 0 Å². The highest BCUT2D eigenvalue weighted by atomic mass is 15.2. The number of benzene rings is 1. The summed E-state index contributed by atoms with van der Waals surface area (Å²) in [5.74, 6) is 0.763. The number of para-hydroxylation sites is 1. The molecule has 0 spiro atoms. The van der Waals surface area contributed by atoms with E-state index in [0.717, 1.165) is 19.0 Å². The number of hydrogen-bond donors (Lipinski definition) is 1. The lowest BCUT2D eigenvalue weighted by Gasteiger charge is -2.41. The molecule has 2 atom stereocenters. The van der Waals surface area contributed by atoms with Crippen molar-refractivity contribution in [1.82, 2.24) is 5.32 Å². The van der Waals surface area contributed by atoms with Crippen LogP contribution < -0.4 is 10.2 Å². The molecule has 2 rings (SSSR count). The quantitative estimate of drug-likeness (QED) is 0.862. The van der Waals surface area contributed by atoms with Gasteiger partial charge in [0.25, 0.3) is 0 Å². The topological polar surface area (TPSA) is 15.3 Å². The van der Waals surface area contributed by atoms with Crippen LogP contribution in [0.25, 0.3) is 0 Å². The summed E-state index contributed by atoms with van der Waals surface area (Å²) in [5, 5.41) is 3.66. The van der Waals surface area contributed by atoms with Crippen LogP contribution in [0.4, 0.5) is 5.69 Å². The summed E-state index contributed by atoms with van der Waals surface area (Å²) >= 11 is 0. The SMILES string of the molecule is CC(C)CC1CN(c2ccccc2)C(C)CN1. The Morgan fingerprint density at radius 2 is 2.00 bits per heavy atom. The predicted octanol–water partition coefficient (Wildman–Crippen LogP) is 2.90. The minimum atomic E-state index is 0.584. The fourth-order valence-corrected chi connectivity index (χ4v) is 2.64. The molecule has 0 saturated carbocycles. The molecule has 0 bridgehead atoms. The van der Waals surface area contributed by atoms with Crippen LogP contribution in [0.3, 0.4) is 0 Å². The van der Waals surface area contributed by atoms with Crippen molar-refractivity contribution >= 4 is 5.69 Å². The van der Waals surface area contributed by atoms with Gasteiger partial charge in [0.1, 0.15) is 0 Å². The summed E-state index contributed by atoms with van der Waals surface area (Å²) < 4.78 is 0. The van der Waals surface area contributed by atoms with Gasteiger partial charge in [-0.1, -0.05) is 32.0 Å². The summed E-state index contributed by atoms with van der Waals surface area (Å²) in [7, 11) is 0. The maximum atomic E-state index is 3.66. The van der Waals surface area contributed by atoms with Crippen molar-refractivity contribution in [2.75, 3.05) is 18.0 Å². The average Bonchev–Trinajstić information content (AvgIpc) is 2.32. The number of nitrogens with zero attached hydrogens (tertiary/aromatic N) is 1. The van der Waals surface area contributed by atoms with E-state index in [9.17, 15) is 0 Å². The zero-order valence-corrected chi connectivity index (χ0v) is 11.2. The molecule has 1 heterocycles. The highest BCUT2D eigenvalue weighted by Crippen LogP contribution is 2.21. The number of anilines is 1. The molecule has 17 heavy (non-hydrogen) atoms. The smallest absolute Gasteiger partial charge is 0.0387 e. The van der Waals surface area contributed by atoms with Crippen molar-refractivity contribution in [3.8, 4) is 0 Å². The zero-order valence-electron chi connectivity index (χ0n) is 11.2. The predicted molar refractivity (Wildman–Crippen MR) is 74.5 cm³/mol. The van der Waals surface area contributed by atoms with E-state index in [1.165, 1.54) is 12.1 Å². The summed E-state index contributed by atoms with van der Waals surface area (Å²) in [6.07, 6.45) is 1.26. The lowest BCUT2D eigenvalue weighted by molar-refractivity contribution is 0.356. The maximum Gasteiger partial charge on any atom is 0.0387 e. The Morgan fingerprint density at radius 1 is 1.29 bits per heavy atom. The van der Waals surface area contributed by atoms with E-state index in [1.54, 1.807) is 0 Å². The van der Waals surface area contributed by atoms with Crippen LogP contribution in [0.15, 0.2) is 30.3 Å². The number of piperazine rings is 1. The monoisotopic (exact) mass is 232 g/mol. The van der Waals surface area contributed by atoms with Crippen LogP contribution in [-0.4, -0.2) is 25.2 Å². The van der Waals surface area contributed by atoms with Crippen molar-refractivity contribution in [3.63, 3.8) is 0 Å². The lowest BCUT2D eigenvalue weighted by Crippen LogP contribution is -2.55. The Morgan fingerprint density at radius 3 is 2.65 bits per heavy atom. The average molecular weight is 232 g/mol. The first-order valence-corrected chi connectivity index (χ1v) is 6.72. The Balaban J connectivity index is 2.05. The van der Waals surface area contributed by atoms with Crippen molar-refractivity contribution in [3.05, 3.63) is 30.3 Å². The fraction of sp³-hybridized carbons (Fsp3) is 0.600. The Hall–Kier alpha value is -1.02. The number of nitrogens with one attached hydrogen (secondary N) is 1. The number of rotatable bonds is 3. The third-order valence-electron chi connectivity index (χ3n) is 3.49. The second-order valence-corrected chi connectivity index (χ2v) is 5.57. The molecule has 1 saturated heterocycles. The Kier molecular flexibility index (Phi) is 4.06. The third-order valence-corrected chi connectivity index (χ3v) is 3.49. The van der Waals surface area contributed by atoms with Gasteiger partial charge in [0.15, 0.2) is 0 Å². The van der Waals surface area contributed by atoms with Crippen LogP contribution >= 0.6 is 0 Å². The molecular weight excluding hydrogens is 208 g/mol. The van der Waals surface area contributed by atoms with Crippen LogP contribution in [0.5, 0.6) is 0 Å². The molecule has 2 heteroatoms. The molecule has 2 nitrogen and oxygen atoms in total. The minimum Gasteiger partial charge on any atom is -0.366 e. The molecule has 0 aromatic heterocycles. The van der Waals surface area contributed by atoms with Gasteiger partial charge < -0.3 is 10.2 Å². The minimum absolute atomic E-state index is 0.584. The molecule has 0 radical (unpaired) electrons. The van der Waals surface area contributed by atoms with E-state index in [0.29, 0.717) is 12.1 Å². The second-order valence-electron chi connectivity index (χ2n) is 5.57. The van der Waals surface area contributed by atoms with Gasteiger partial charge >= 0.3 is 0 Å². The largest absolute Gasteiger partial charge is 0.366 e. The first-order valence-electron chi connectivity index (χ1n) is 6.72. The van der Waals surface area contributed by atoms with Crippen LogP contribution in [0, 0.1) is 5.92 Å². The van der Waals surface area contributed by atoms with E-state index in [-0.39, 0.29) is 0 Å². The number of hydrogen-bond acceptors (Lipinski definition) is 2. The zero-order chi connectivity index (χ0) is 12.3. The highest BCUT2D eigenvalue weighted by molar-refractivity contribution is 5.47. The Labute approximate surface area is 105 Å². The van der Waals surface area contributed by atoms with Crippen molar-refractivity contribution in [2.24, 2.45) is 5.92 Å². The fourth-order valence-electron chi connectivity index (χ4n) is 2.64. The van der Waals surface area contributed by atoms with Crippen molar-refractivity contribution < 1.29 is 0 Å². The van der Waals surface area contributed by atoms with Crippen LogP contribution in [-0.2, 0) is 0 Å². The van der Waals surface area contributed by atoms with E-state index >= 15 is 0 Å². The lowest BCUT2D eigenvalue weighted by atomic mass is 9.99. The molecule has 0 amide bonds. The molecule has 2 unspecified atom stereocenters. The molecule has 0 aliphatic carbocycles. The first-order chi connectivity index (χ1) is 8.16. The summed E-state index contributed by atoms with van der Waals surface area (Å²) in [6.45, 7) is 9.11. The van der Waals surface area contributed by atoms with Gasteiger partial charge in [-0.2, -0.15) is 0 Å². The van der Waals surface area contributed by atoms with E-state index < -0.39 is 0 Å². The van der Waals surface area contributed by atoms with E-state index in [1.807, 2.05) is 0 Å². The normalized spacial score (nSPS) is 25.3. The molecule has 1 N–H and O–H groups in total. The van der Waals surface area contributed by atoms with Crippen LogP contribution in [0.2, 0.25) is 0 Å². The molecule has 1 aliphatic rings. The van der Waals surface area contributed by atoms with Gasteiger partial charge in [-0.25, -0.2) is 0 Å². The van der Waals surface area contributed by atoms with Gasteiger partial charge in [-0.05, 0) is 31.4 Å². The second kappa shape index (κ2) is 5.54. The molecule has 1 aromatic rings. The summed E-state index contributed by atoms with van der Waals surface area (Å²) in [6, 6.07) is 12.0. The molecule has 1 aliphatic heterocycles. The van der Waals surface area contributed by atoms with Crippen molar-refractivity contribution in [2.45, 2.75) is 39.3 Å². The van der Waals surface area contributed by atoms with Gasteiger partial charge in [-0.15, -0.1) is 0 Å². The van der Waals surface area contributed by atoms with Crippen molar-refractivity contribution in [1.29, 1.82) is 0 Å². The molecule has 1 aromatic carbocycles. The molecule has 1 fully saturated rings.